The molecule has 3 rings (SSSR count). The SMILES string of the molecule is C[N+](CCOC(=O)/C=C/c1ccccc1)(CCOC(=O)/C=C/c1ccccc1)CCOC(=O)/C=C/c1ccccc1. The van der Waals surface area contributed by atoms with Crippen LogP contribution in [0.2, 0.25) is 0 Å². The summed E-state index contributed by atoms with van der Waals surface area (Å²) in [6.45, 7) is 1.79. The molecule has 7 nitrogen and oxygen atoms in total. The highest BCUT2D eigenvalue weighted by atomic mass is 16.5. The van der Waals surface area contributed by atoms with Gasteiger partial charge >= 0.3 is 17.9 Å². The number of nitrogens with zero attached hydrogens (tertiary/aromatic N) is 1. The van der Waals surface area contributed by atoms with Crippen molar-refractivity contribution < 1.29 is 33.1 Å². The van der Waals surface area contributed by atoms with Crippen molar-refractivity contribution in [3.63, 3.8) is 0 Å². The number of rotatable bonds is 15. The van der Waals surface area contributed by atoms with E-state index in [1.54, 1.807) is 18.2 Å². The summed E-state index contributed by atoms with van der Waals surface area (Å²) in [5.41, 5.74) is 2.70. The van der Waals surface area contributed by atoms with Crippen molar-refractivity contribution in [2.45, 2.75) is 0 Å². The van der Waals surface area contributed by atoms with Crippen molar-refractivity contribution in [2.75, 3.05) is 46.5 Å². The molecule has 41 heavy (non-hydrogen) atoms. The highest BCUT2D eigenvalue weighted by Gasteiger charge is 2.23. The first kappa shape index (κ1) is 30.8. The zero-order valence-electron chi connectivity index (χ0n) is 23.3. The van der Waals surface area contributed by atoms with Gasteiger partial charge in [0, 0.05) is 18.2 Å². The number of esters is 3. The Balaban J connectivity index is 1.50. The molecule has 0 fully saturated rings. The van der Waals surface area contributed by atoms with Gasteiger partial charge in [0.15, 0.2) is 0 Å². The van der Waals surface area contributed by atoms with Crippen LogP contribution in [0.25, 0.3) is 18.2 Å². The maximum atomic E-state index is 12.2. The molecule has 0 aliphatic carbocycles. The van der Waals surface area contributed by atoms with Gasteiger partial charge < -0.3 is 18.7 Å². The van der Waals surface area contributed by atoms with Crippen molar-refractivity contribution in [1.29, 1.82) is 0 Å². The summed E-state index contributed by atoms with van der Waals surface area (Å²) in [5, 5.41) is 0. The molecule has 0 amide bonds. The Morgan fingerprint density at radius 3 is 1.05 bits per heavy atom. The van der Waals surface area contributed by atoms with Gasteiger partial charge in [-0.2, -0.15) is 0 Å². The monoisotopic (exact) mass is 554 g/mol. The Morgan fingerprint density at radius 1 is 0.512 bits per heavy atom. The van der Waals surface area contributed by atoms with E-state index in [2.05, 4.69) is 0 Å². The van der Waals surface area contributed by atoms with Crippen LogP contribution < -0.4 is 0 Å². The average Bonchev–Trinajstić information content (AvgIpc) is 2.99. The fourth-order valence-corrected chi connectivity index (χ4v) is 3.76. The molecule has 0 unspecified atom stereocenters. The van der Waals surface area contributed by atoms with Crippen LogP contribution in [0, 0.1) is 0 Å². The van der Waals surface area contributed by atoms with E-state index in [0.29, 0.717) is 24.1 Å². The second-order valence-electron chi connectivity index (χ2n) is 9.52. The molecular weight excluding hydrogens is 518 g/mol. The molecule has 0 N–H and O–H groups in total. The summed E-state index contributed by atoms with van der Waals surface area (Å²) in [4.78, 5) is 36.7. The Hall–Kier alpha value is -4.75. The summed E-state index contributed by atoms with van der Waals surface area (Å²) < 4.78 is 16.6. The van der Waals surface area contributed by atoms with E-state index in [9.17, 15) is 14.4 Å². The van der Waals surface area contributed by atoms with E-state index in [0.717, 1.165) is 16.7 Å². The Kier molecular flexibility index (Phi) is 12.8. The molecule has 0 atom stereocenters. The molecule has 0 saturated carbocycles. The lowest BCUT2D eigenvalue weighted by atomic mass is 10.2. The number of benzene rings is 3. The molecular formula is C34H36NO6+. The Bertz CT molecular complexity index is 1150. The third-order valence-electron chi connectivity index (χ3n) is 6.26. The van der Waals surface area contributed by atoms with Gasteiger partial charge in [-0.3, -0.25) is 0 Å². The molecule has 212 valence electrons. The molecule has 3 aromatic carbocycles. The predicted octanol–water partition coefficient (Wildman–Crippen LogP) is 5.20. The lowest BCUT2D eigenvalue weighted by Gasteiger charge is -2.33. The van der Waals surface area contributed by atoms with Crippen molar-refractivity contribution in [3.8, 4) is 0 Å². The van der Waals surface area contributed by atoms with Crippen LogP contribution in [0.3, 0.4) is 0 Å². The standard InChI is InChI=1S/C34H36NO6/c1-35(23-26-39-32(36)20-17-29-11-5-2-6-12-29,24-27-40-33(37)21-18-30-13-7-3-8-14-30)25-28-41-34(38)22-19-31-15-9-4-10-16-31/h2-22H,23-28H2,1H3/q+1/b20-17+,21-18+,22-19+. The van der Waals surface area contributed by atoms with Crippen LogP contribution in [0.5, 0.6) is 0 Å². The smallest absolute Gasteiger partial charge is 0.330 e. The summed E-state index contributed by atoms with van der Waals surface area (Å²) in [7, 11) is 1.94. The zero-order chi connectivity index (χ0) is 29.2. The highest BCUT2D eigenvalue weighted by molar-refractivity contribution is 5.88. The normalized spacial score (nSPS) is 11.6. The summed E-state index contributed by atoms with van der Waals surface area (Å²) in [6.07, 6.45) is 9.26. The summed E-state index contributed by atoms with van der Waals surface area (Å²) in [6, 6.07) is 28.4. The highest BCUT2D eigenvalue weighted by Crippen LogP contribution is 2.07. The van der Waals surface area contributed by atoms with Gasteiger partial charge in [0.1, 0.15) is 39.5 Å². The first-order chi connectivity index (χ1) is 19.9. The van der Waals surface area contributed by atoms with Crippen molar-refractivity contribution in [2.24, 2.45) is 0 Å². The fourth-order valence-electron chi connectivity index (χ4n) is 3.76. The van der Waals surface area contributed by atoms with Gasteiger partial charge in [-0.05, 0) is 34.9 Å². The van der Waals surface area contributed by atoms with Gasteiger partial charge in [-0.25, -0.2) is 14.4 Å². The number of hydrogen-bond donors (Lipinski definition) is 0. The molecule has 0 aliphatic heterocycles. The van der Waals surface area contributed by atoms with Gasteiger partial charge in [-0.1, -0.05) is 91.0 Å². The largest absolute Gasteiger partial charge is 0.457 e. The van der Waals surface area contributed by atoms with Gasteiger partial charge in [0.2, 0.25) is 0 Å². The molecule has 3 aromatic rings. The third kappa shape index (κ3) is 12.8. The van der Waals surface area contributed by atoms with E-state index >= 15 is 0 Å². The maximum absolute atomic E-state index is 12.2. The first-order valence-corrected chi connectivity index (χ1v) is 13.5. The molecule has 0 aromatic heterocycles. The number of quaternary nitrogens is 1. The third-order valence-corrected chi connectivity index (χ3v) is 6.26. The number of likely N-dealkylation sites (N-methyl/N-ethyl adjacent to an activating group) is 1. The van der Waals surface area contributed by atoms with Gasteiger partial charge in [-0.15, -0.1) is 0 Å². The molecule has 0 spiro atoms. The van der Waals surface area contributed by atoms with E-state index in [1.807, 2.05) is 98.0 Å². The molecule has 0 heterocycles. The molecule has 0 radical (unpaired) electrons. The molecule has 0 bridgehead atoms. The summed E-state index contributed by atoms with van der Waals surface area (Å²) >= 11 is 0. The predicted molar refractivity (Wildman–Crippen MR) is 160 cm³/mol. The second kappa shape index (κ2) is 17.0. The minimum atomic E-state index is -0.449. The minimum absolute atomic E-state index is 0.151. The number of carbonyl (C=O) groups excluding carboxylic acids is 3. The average molecular weight is 555 g/mol. The Labute approximate surface area is 241 Å². The molecule has 0 aliphatic rings. The fraction of sp³-hybridized carbons (Fsp3) is 0.206. The Morgan fingerprint density at radius 2 is 0.780 bits per heavy atom. The quantitative estimate of drug-likeness (QED) is 0.111. The second-order valence-corrected chi connectivity index (χ2v) is 9.52. The van der Waals surface area contributed by atoms with E-state index < -0.39 is 17.9 Å². The molecule has 7 heteroatoms. The van der Waals surface area contributed by atoms with Gasteiger partial charge in [0.05, 0.1) is 7.05 Å². The van der Waals surface area contributed by atoms with E-state index in [-0.39, 0.29) is 19.8 Å². The lowest BCUT2D eigenvalue weighted by Crippen LogP contribution is -2.50. The van der Waals surface area contributed by atoms with Crippen LogP contribution in [0.4, 0.5) is 0 Å². The lowest BCUT2D eigenvalue weighted by molar-refractivity contribution is -0.910. The van der Waals surface area contributed by atoms with Crippen LogP contribution in [0.1, 0.15) is 16.7 Å². The van der Waals surface area contributed by atoms with Crippen molar-refractivity contribution in [3.05, 3.63) is 126 Å². The van der Waals surface area contributed by atoms with E-state index in [4.69, 9.17) is 14.2 Å². The van der Waals surface area contributed by atoms with Crippen LogP contribution in [-0.4, -0.2) is 68.9 Å². The van der Waals surface area contributed by atoms with E-state index in [1.165, 1.54) is 18.2 Å². The van der Waals surface area contributed by atoms with Crippen molar-refractivity contribution in [1.82, 2.24) is 0 Å². The summed E-state index contributed by atoms with van der Waals surface area (Å²) in [5.74, 6) is -1.35. The van der Waals surface area contributed by atoms with Crippen LogP contribution in [-0.2, 0) is 28.6 Å². The first-order valence-electron chi connectivity index (χ1n) is 13.5. The van der Waals surface area contributed by atoms with Crippen LogP contribution in [0.15, 0.2) is 109 Å². The maximum Gasteiger partial charge on any atom is 0.330 e. The van der Waals surface area contributed by atoms with Crippen molar-refractivity contribution >= 4 is 36.1 Å². The number of carbonyl (C=O) groups is 3. The minimum Gasteiger partial charge on any atom is -0.457 e. The number of hydrogen-bond acceptors (Lipinski definition) is 6. The molecule has 0 saturated heterocycles. The topological polar surface area (TPSA) is 78.9 Å². The number of ether oxygens (including phenoxy) is 3. The zero-order valence-corrected chi connectivity index (χ0v) is 23.3. The van der Waals surface area contributed by atoms with Crippen LogP contribution >= 0.6 is 0 Å². The van der Waals surface area contributed by atoms with Gasteiger partial charge in [0.25, 0.3) is 0 Å².